The third-order valence-electron chi connectivity index (χ3n) is 4.81. The van der Waals surface area contributed by atoms with Crippen molar-refractivity contribution in [3.63, 3.8) is 0 Å². The van der Waals surface area contributed by atoms with Gasteiger partial charge in [0.25, 0.3) is 5.91 Å². The highest BCUT2D eigenvalue weighted by molar-refractivity contribution is 8.00. The molecule has 2 N–H and O–H groups in total. The van der Waals surface area contributed by atoms with Gasteiger partial charge in [-0.25, -0.2) is 9.37 Å². The molecule has 6 nitrogen and oxygen atoms in total. The third-order valence-corrected chi connectivity index (χ3v) is 6.58. The largest absolute Gasteiger partial charge is 0.494 e. The van der Waals surface area contributed by atoms with Crippen molar-refractivity contribution in [3.8, 4) is 17.0 Å². The summed E-state index contributed by atoms with van der Waals surface area (Å²) in [6.45, 7) is 2.55. The number of halogens is 1. The van der Waals surface area contributed by atoms with Crippen LogP contribution >= 0.6 is 23.1 Å². The molecule has 178 valence electrons. The molecule has 35 heavy (non-hydrogen) atoms. The fraction of sp³-hybridized carbons (Fsp3) is 0.115. The van der Waals surface area contributed by atoms with Gasteiger partial charge < -0.3 is 15.4 Å². The Hall–Kier alpha value is -3.69. The number of benzene rings is 3. The van der Waals surface area contributed by atoms with Crippen LogP contribution < -0.4 is 15.4 Å². The van der Waals surface area contributed by atoms with Crippen LogP contribution in [0.2, 0.25) is 0 Å². The van der Waals surface area contributed by atoms with Crippen molar-refractivity contribution >= 4 is 45.7 Å². The van der Waals surface area contributed by atoms with Crippen molar-refractivity contribution in [1.29, 1.82) is 0 Å². The summed E-state index contributed by atoms with van der Waals surface area (Å²) < 4.78 is 19.2. The molecule has 0 aliphatic carbocycles. The molecule has 0 saturated carbocycles. The zero-order valence-electron chi connectivity index (χ0n) is 18.8. The molecule has 0 fully saturated rings. The second-order valence-corrected chi connectivity index (χ2v) is 9.20. The maximum absolute atomic E-state index is 13.8. The van der Waals surface area contributed by atoms with Crippen molar-refractivity contribution in [1.82, 2.24) is 4.98 Å². The van der Waals surface area contributed by atoms with Gasteiger partial charge in [-0.3, -0.25) is 9.59 Å². The van der Waals surface area contributed by atoms with Gasteiger partial charge in [0.15, 0.2) is 5.13 Å². The summed E-state index contributed by atoms with van der Waals surface area (Å²) in [5, 5.41) is 7.92. The molecule has 9 heteroatoms. The number of rotatable bonds is 9. The molecule has 2 amide bonds. The number of nitrogens with zero attached hydrogens (tertiary/aromatic N) is 1. The summed E-state index contributed by atoms with van der Waals surface area (Å²) in [5.74, 6) is -0.248. The first-order valence-electron chi connectivity index (χ1n) is 10.8. The van der Waals surface area contributed by atoms with Gasteiger partial charge in [-0.05, 0) is 67.6 Å². The molecule has 3 aromatic carbocycles. The lowest BCUT2D eigenvalue weighted by Crippen LogP contribution is -2.14. The number of amides is 2. The summed E-state index contributed by atoms with van der Waals surface area (Å²) in [4.78, 5) is 29.9. The number of thioether (sulfide) groups is 1. The molecule has 1 heterocycles. The summed E-state index contributed by atoms with van der Waals surface area (Å²) in [6.07, 6.45) is 0. The molecule has 0 atom stereocenters. The quantitative estimate of drug-likeness (QED) is 0.259. The number of anilines is 2. The zero-order valence-corrected chi connectivity index (χ0v) is 20.4. The number of nitrogens with one attached hydrogen (secondary N) is 2. The van der Waals surface area contributed by atoms with Gasteiger partial charge in [-0.15, -0.1) is 23.1 Å². The van der Waals surface area contributed by atoms with Gasteiger partial charge in [0.05, 0.1) is 23.6 Å². The summed E-state index contributed by atoms with van der Waals surface area (Å²) in [7, 11) is 0. The van der Waals surface area contributed by atoms with E-state index in [1.807, 2.05) is 36.6 Å². The molecule has 4 aromatic rings. The minimum absolute atomic E-state index is 0.0181. The van der Waals surface area contributed by atoms with E-state index in [1.54, 1.807) is 30.3 Å². The van der Waals surface area contributed by atoms with E-state index < -0.39 is 11.7 Å². The van der Waals surface area contributed by atoms with Gasteiger partial charge >= 0.3 is 0 Å². The fourth-order valence-electron chi connectivity index (χ4n) is 3.13. The Morgan fingerprint density at radius 3 is 2.46 bits per heavy atom. The first-order valence-corrected chi connectivity index (χ1v) is 12.7. The molecule has 4 rings (SSSR count). The van der Waals surface area contributed by atoms with E-state index in [1.165, 1.54) is 41.3 Å². The first kappa shape index (κ1) is 24.4. The van der Waals surface area contributed by atoms with Crippen LogP contribution in [0.15, 0.2) is 83.1 Å². The average Bonchev–Trinajstić information content (AvgIpc) is 3.33. The van der Waals surface area contributed by atoms with Crippen LogP contribution in [0.4, 0.5) is 15.2 Å². The minimum Gasteiger partial charge on any atom is -0.494 e. The number of hydrogen-bond acceptors (Lipinski definition) is 6. The monoisotopic (exact) mass is 507 g/mol. The van der Waals surface area contributed by atoms with E-state index in [0.29, 0.717) is 17.4 Å². The Kier molecular flexibility index (Phi) is 8.12. The average molecular weight is 508 g/mol. The number of hydrogen-bond donors (Lipinski definition) is 2. The van der Waals surface area contributed by atoms with Gasteiger partial charge in [0.1, 0.15) is 11.6 Å². The van der Waals surface area contributed by atoms with Crippen LogP contribution in [0.1, 0.15) is 17.3 Å². The van der Waals surface area contributed by atoms with Crippen LogP contribution in [0.3, 0.4) is 0 Å². The lowest BCUT2D eigenvalue weighted by Gasteiger charge is -2.07. The second-order valence-electron chi connectivity index (χ2n) is 7.29. The van der Waals surface area contributed by atoms with E-state index in [0.717, 1.165) is 21.9 Å². The van der Waals surface area contributed by atoms with Crippen LogP contribution in [0.25, 0.3) is 11.3 Å². The van der Waals surface area contributed by atoms with Gasteiger partial charge in [-0.2, -0.15) is 0 Å². The highest BCUT2D eigenvalue weighted by atomic mass is 32.2. The van der Waals surface area contributed by atoms with Crippen molar-refractivity contribution < 1.29 is 18.7 Å². The van der Waals surface area contributed by atoms with Gasteiger partial charge in [-0.1, -0.05) is 12.1 Å². The normalized spacial score (nSPS) is 10.6. The molecule has 0 aliphatic heterocycles. The number of ether oxygens (including phenoxy) is 1. The van der Waals surface area contributed by atoms with Crippen LogP contribution in [0.5, 0.6) is 5.75 Å². The predicted molar refractivity (Wildman–Crippen MR) is 139 cm³/mol. The van der Waals surface area contributed by atoms with Crippen LogP contribution in [0, 0.1) is 5.82 Å². The van der Waals surface area contributed by atoms with Crippen molar-refractivity contribution in [2.45, 2.75) is 11.8 Å². The lowest BCUT2D eigenvalue weighted by molar-refractivity contribution is -0.113. The number of thiazole rings is 1. The molecule has 0 unspecified atom stereocenters. The van der Waals surface area contributed by atoms with E-state index >= 15 is 0 Å². The number of aromatic nitrogens is 1. The standard InChI is InChI=1S/C26H22FN3O3S2/c1-2-33-19-11-7-17(8-12-19)23-15-35-26(29-23)30-24(31)16-34-20-13-9-18(10-14-20)28-25(32)21-5-3-4-6-22(21)27/h3-15H,2,16H2,1H3,(H,28,32)(H,29,30,31). The third kappa shape index (κ3) is 6.68. The highest BCUT2D eigenvalue weighted by Crippen LogP contribution is 2.27. The van der Waals surface area contributed by atoms with Gasteiger partial charge in [0.2, 0.25) is 5.91 Å². The highest BCUT2D eigenvalue weighted by Gasteiger charge is 2.12. The Labute approximate surface area is 210 Å². The maximum atomic E-state index is 13.8. The minimum atomic E-state index is -0.574. The smallest absolute Gasteiger partial charge is 0.258 e. The fourth-order valence-corrected chi connectivity index (χ4v) is 4.57. The van der Waals surface area contributed by atoms with Crippen LogP contribution in [-0.2, 0) is 4.79 Å². The number of carbonyl (C=O) groups is 2. The molecule has 1 aromatic heterocycles. The Morgan fingerprint density at radius 2 is 1.74 bits per heavy atom. The van der Waals surface area contributed by atoms with E-state index in [2.05, 4.69) is 15.6 Å². The topological polar surface area (TPSA) is 80.3 Å². The summed E-state index contributed by atoms with van der Waals surface area (Å²) >= 11 is 2.73. The molecule has 0 radical (unpaired) electrons. The Balaban J connectivity index is 1.27. The Bertz CT molecular complexity index is 1310. The lowest BCUT2D eigenvalue weighted by atomic mass is 10.2. The van der Waals surface area contributed by atoms with Gasteiger partial charge in [0, 0.05) is 21.5 Å². The van der Waals surface area contributed by atoms with Crippen molar-refractivity contribution in [3.05, 3.63) is 89.6 Å². The van der Waals surface area contributed by atoms with E-state index in [-0.39, 0.29) is 17.2 Å². The van der Waals surface area contributed by atoms with Crippen molar-refractivity contribution in [2.75, 3.05) is 23.0 Å². The molecular weight excluding hydrogens is 485 g/mol. The summed E-state index contributed by atoms with van der Waals surface area (Å²) in [6, 6.07) is 20.5. The van der Waals surface area contributed by atoms with Crippen molar-refractivity contribution in [2.24, 2.45) is 0 Å². The van der Waals surface area contributed by atoms with Crippen LogP contribution in [-0.4, -0.2) is 29.2 Å². The molecule has 0 spiro atoms. The maximum Gasteiger partial charge on any atom is 0.258 e. The van der Waals surface area contributed by atoms with E-state index in [4.69, 9.17) is 4.74 Å². The zero-order chi connectivity index (χ0) is 24.6. The first-order chi connectivity index (χ1) is 17.0. The number of carbonyl (C=O) groups excluding carboxylic acids is 2. The second kappa shape index (κ2) is 11.6. The molecule has 0 aliphatic rings. The SMILES string of the molecule is CCOc1ccc(-c2csc(NC(=O)CSc3ccc(NC(=O)c4ccccc4F)cc3)n2)cc1. The molecule has 0 saturated heterocycles. The summed E-state index contributed by atoms with van der Waals surface area (Å²) in [5.41, 5.74) is 2.25. The van der Waals surface area contributed by atoms with E-state index in [9.17, 15) is 14.0 Å². The molecule has 0 bridgehead atoms. The molecular formula is C26H22FN3O3S2. The predicted octanol–water partition coefficient (Wildman–Crippen LogP) is 6.33. The Morgan fingerprint density at radius 1 is 1.00 bits per heavy atom.